The lowest BCUT2D eigenvalue weighted by Gasteiger charge is -2.17. The lowest BCUT2D eigenvalue weighted by molar-refractivity contribution is 0.200. The molecule has 3 rings (SSSR count). The van der Waals surface area contributed by atoms with Gasteiger partial charge in [0.05, 0.1) is 20.3 Å². The molecule has 24 heavy (non-hydrogen) atoms. The molecule has 1 fully saturated rings. The van der Waals surface area contributed by atoms with Crippen LogP contribution in [0.3, 0.4) is 0 Å². The molecule has 1 aromatic carbocycles. The van der Waals surface area contributed by atoms with Gasteiger partial charge in [-0.05, 0) is 56.2 Å². The largest absolute Gasteiger partial charge is 0.493 e. The number of rotatable bonds is 7. The Morgan fingerprint density at radius 1 is 0.958 bits per heavy atom. The maximum Gasteiger partial charge on any atom is 0.235 e. The Hall–Kier alpha value is -2.30. The van der Waals surface area contributed by atoms with Crippen molar-refractivity contribution >= 4 is 0 Å². The highest BCUT2D eigenvalue weighted by molar-refractivity contribution is 5.43. The number of hydrogen-bond acceptors (Lipinski definition) is 5. The highest BCUT2D eigenvalue weighted by Crippen LogP contribution is 2.32. The van der Waals surface area contributed by atoms with Crippen LogP contribution < -0.4 is 14.2 Å². The Bertz CT molecular complexity index is 669. The number of aromatic nitrogens is 2. The summed E-state index contributed by atoms with van der Waals surface area (Å²) in [6, 6.07) is 6.14. The molecule has 0 atom stereocenters. The molecule has 0 saturated heterocycles. The molecule has 0 unspecified atom stereocenters. The molecule has 1 aromatic heterocycles. The maximum absolute atomic E-state index is 6.16. The van der Waals surface area contributed by atoms with Crippen LogP contribution in [0, 0.1) is 0 Å². The molecular formula is C19H24N2O3. The van der Waals surface area contributed by atoms with Gasteiger partial charge < -0.3 is 14.2 Å². The van der Waals surface area contributed by atoms with Gasteiger partial charge in [0.15, 0.2) is 11.5 Å². The third-order valence-electron chi connectivity index (χ3n) is 4.40. The van der Waals surface area contributed by atoms with Crippen LogP contribution in [-0.2, 0) is 12.8 Å². The van der Waals surface area contributed by atoms with Gasteiger partial charge in [-0.25, -0.2) is 4.98 Å². The summed E-state index contributed by atoms with van der Waals surface area (Å²) in [4.78, 5) is 8.55. The zero-order valence-electron chi connectivity index (χ0n) is 14.3. The van der Waals surface area contributed by atoms with Gasteiger partial charge in [-0.3, -0.25) is 4.98 Å². The first-order valence-corrected chi connectivity index (χ1v) is 8.47. The van der Waals surface area contributed by atoms with Crippen LogP contribution >= 0.6 is 0 Å². The summed E-state index contributed by atoms with van der Waals surface area (Å²) in [6.45, 7) is 0. The second-order valence-corrected chi connectivity index (χ2v) is 6.02. The van der Waals surface area contributed by atoms with E-state index in [0.717, 1.165) is 42.9 Å². The minimum absolute atomic E-state index is 0.314. The van der Waals surface area contributed by atoms with Crippen molar-refractivity contribution in [3.8, 4) is 17.4 Å². The highest BCUT2D eigenvalue weighted by atomic mass is 16.5. The molecule has 0 spiro atoms. The van der Waals surface area contributed by atoms with E-state index in [1.807, 2.05) is 6.07 Å². The van der Waals surface area contributed by atoms with Crippen molar-refractivity contribution < 1.29 is 14.2 Å². The first-order chi connectivity index (χ1) is 11.8. The minimum atomic E-state index is 0.314. The lowest BCUT2D eigenvalue weighted by Crippen LogP contribution is -2.11. The van der Waals surface area contributed by atoms with Crippen LogP contribution in [0.5, 0.6) is 17.4 Å². The Kier molecular flexibility index (Phi) is 5.51. The summed E-state index contributed by atoms with van der Waals surface area (Å²) in [5, 5.41) is 0. The fourth-order valence-corrected chi connectivity index (χ4v) is 3.11. The SMILES string of the molecule is COc1ccc(CCc2nccnc2OC)cc1OC1CCCC1. The first kappa shape index (κ1) is 16.6. The molecule has 1 aliphatic carbocycles. The zero-order valence-corrected chi connectivity index (χ0v) is 14.3. The fourth-order valence-electron chi connectivity index (χ4n) is 3.11. The molecule has 0 radical (unpaired) electrons. The van der Waals surface area contributed by atoms with Gasteiger partial charge in [0.1, 0.15) is 5.69 Å². The third kappa shape index (κ3) is 3.96. The van der Waals surface area contributed by atoms with E-state index < -0.39 is 0 Å². The summed E-state index contributed by atoms with van der Waals surface area (Å²) in [5.74, 6) is 2.23. The minimum Gasteiger partial charge on any atom is -0.493 e. The average Bonchev–Trinajstić information content (AvgIpc) is 3.13. The van der Waals surface area contributed by atoms with Crippen molar-refractivity contribution in [3.63, 3.8) is 0 Å². The van der Waals surface area contributed by atoms with Gasteiger partial charge in [-0.2, -0.15) is 0 Å². The zero-order chi connectivity index (χ0) is 16.8. The van der Waals surface area contributed by atoms with Crippen molar-refractivity contribution in [3.05, 3.63) is 41.9 Å². The van der Waals surface area contributed by atoms with Crippen LogP contribution in [0.1, 0.15) is 36.9 Å². The smallest absolute Gasteiger partial charge is 0.235 e. The van der Waals surface area contributed by atoms with E-state index in [-0.39, 0.29) is 0 Å². The summed E-state index contributed by atoms with van der Waals surface area (Å²) in [7, 11) is 3.30. The van der Waals surface area contributed by atoms with Gasteiger partial charge >= 0.3 is 0 Å². The molecule has 1 saturated carbocycles. The summed E-state index contributed by atoms with van der Waals surface area (Å²) < 4.78 is 16.9. The van der Waals surface area contributed by atoms with Crippen LogP contribution in [0.4, 0.5) is 0 Å². The standard InChI is InChI=1S/C19H24N2O3/c1-22-17-10-8-14(13-18(17)24-15-5-3-4-6-15)7-9-16-19(23-2)21-12-11-20-16/h8,10-13,15H,3-7,9H2,1-2H3. The van der Waals surface area contributed by atoms with E-state index in [9.17, 15) is 0 Å². The predicted molar refractivity (Wildman–Crippen MR) is 91.9 cm³/mol. The molecule has 0 N–H and O–H groups in total. The molecule has 0 amide bonds. The average molecular weight is 328 g/mol. The summed E-state index contributed by atoms with van der Waals surface area (Å²) in [6.07, 6.45) is 10.0. The third-order valence-corrected chi connectivity index (χ3v) is 4.40. The van der Waals surface area contributed by atoms with E-state index >= 15 is 0 Å². The van der Waals surface area contributed by atoms with Gasteiger partial charge in [-0.15, -0.1) is 0 Å². The molecule has 2 aromatic rings. The van der Waals surface area contributed by atoms with E-state index in [1.165, 1.54) is 18.4 Å². The van der Waals surface area contributed by atoms with Gasteiger partial charge in [0.2, 0.25) is 5.88 Å². The predicted octanol–water partition coefficient (Wildman–Crippen LogP) is 3.60. The molecular weight excluding hydrogens is 304 g/mol. The normalized spacial score (nSPS) is 14.6. The van der Waals surface area contributed by atoms with E-state index in [0.29, 0.717) is 12.0 Å². The maximum atomic E-state index is 6.16. The number of hydrogen-bond donors (Lipinski definition) is 0. The molecule has 1 aliphatic rings. The summed E-state index contributed by atoms with van der Waals surface area (Å²) >= 11 is 0. The number of ether oxygens (including phenoxy) is 3. The monoisotopic (exact) mass is 328 g/mol. The Balaban J connectivity index is 1.71. The second-order valence-electron chi connectivity index (χ2n) is 6.02. The Morgan fingerprint density at radius 3 is 2.50 bits per heavy atom. The molecule has 0 bridgehead atoms. The van der Waals surface area contributed by atoms with Crippen LogP contribution in [0.25, 0.3) is 0 Å². The van der Waals surface area contributed by atoms with Crippen LogP contribution in [0.15, 0.2) is 30.6 Å². The topological polar surface area (TPSA) is 53.5 Å². The highest BCUT2D eigenvalue weighted by Gasteiger charge is 2.18. The van der Waals surface area contributed by atoms with E-state index in [4.69, 9.17) is 14.2 Å². The van der Waals surface area contributed by atoms with E-state index in [1.54, 1.807) is 26.6 Å². The Morgan fingerprint density at radius 2 is 1.75 bits per heavy atom. The molecule has 5 heteroatoms. The Labute approximate surface area is 143 Å². The van der Waals surface area contributed by atoms with Gasteiger partial charge in [0, 0.05) is 12.4 Å². The number of methoxy groups -OCH3 is 2. The second kappa shape index (κ2) is 7.99. The molecule has 0 aliphatic heterocycles. The van der Waals surface area contributed by atoms with Gasteiger partial charge in [-0.1, -0.05) is 6.07 Å². The van der Waals surface area contributed by atoms with Crippen LogP contribution in [0.2, 0.25) is 0 Å². The number of nitrogens with zero attached hydrogens (tertiary/aromatic N) is 2. The van der Waals surface area contributed by atoms with Crippen molar-refractivity contribution in [2.24, 2.45) is 0 Å². The molecule has 128 valence electrons. The number of benzene rings is 1. The molecule has 5 nitrogen and oxygen atoms in total. The van der Waals surface area contributed by atoms with Gasteiger partial charge in [0.25, 0.3) is 0 Å². The first-order valence-electron chi connectivity index (χ1n) is 8.47. The quantitative estimate of drug-likeness (QED) is 0.777. The number of aryl methyl sites for hydroxylation is 2. The molecule has 1 heterocycles. The van der Waals surface area contributed by atoms with Crippen LogP contribution in [-0.4, -0.2) is 30.3 Å². The van der Waals surface area contributed by atoms with Crippen molar-refractivity contribution in [1.29, 1.82) is 0 Å². The van der Waals surface area contributed by atoms with Crippen molar-refractivity contribution in [2.45, 2.75) is 44.6 Å². The fraction of sp³-hybridized carbons (Fsp3) is 0.474. The van der Waals surface area contributed by atoms with E-state index in [2.05, 4.69) is 22.1 Å². The lowest BCUT2D eigenvalue weighted by atomic mass is 10.1. The van der Waals surface area contributed by atoms with Crippen molar-refractivity contribution in [1.82, 2.24) is 9.97 Å². The summed E-state index contributed by atoms with van der Waals surface area (Å²) in [5.41, 5.74) is 2.06. The van der Waals surface area contributed by atoms with Crippen molar-refractivity contribution in [2.75, 3.05) is 14.2 Å².